The van der Waals surface area contributed by atoms with Crippen LogP contribution in [0, 0.1) is 5.92 Å². The van der Waals surface area contributed by atoms with Crippen LogP contribution in [0.1, 0.15) is 35.4 Å². The average Bonchev–Trinajstić information content (AvgIpc) is 2.93. The predicted octanol–water partition coefficient (Wildman–Crippen LogP) is 5.25. The van der Waals surface area contributed by atoms with Gasteiger partial charge in [-0.05, 0) is 60.9 Å². The highest BCUT2D eigenvalue weighted by Gasteiger charge is 2.52. The van der Waals surface area contributed by atoms with Crippen LogP contribution >= 0.6 is 11.8 Å². The zero-order chi connectivity index (χ0) is 25.1. The molecule has 0 amide bonds. The molecule has 0 spiro atoms. The van der Waals surface area contributed by atoms with Crippen LogP contribution in [-0.4, -0.2) is 54.0 Å². The Hall–Kier alpha value is -2.80. The monoisotopic (exact) mass is 502 g/mol. The van der Waals surface area contributed by atoms with Crippen LogP contribution < -0.4 is 10.1 Å². The largest absolute Gasteiger partial charge is 0.496 e. The molecule has 188 valence electrons. The summed E-state index contributed by atoms with van der Waals surface area (Å²) in [7, 11) is 1.72. The lowest BCUT2D eigenvalue weighted by molar-refractivity contribution is -0.152. The molecule has 5 atom stereocenters. The first-order valence-corrected chi connectivity index (χ1v) is 13.9. The quantitative estimate of drug-likeness (QED) is 0.390. The smallest absolute Gasteiger partial charge is 0.320 e. The molecule has 36 heavy (non-hydrogen) atoms. The molecule has 0 aromatic heterocycles. The van der Waals surface area contributed by atoms with Gasteiger partial charge in [0.2, 0.25) is 0 Å². The van der Waals surface area contributed by atoms with Gasteiger partial charge in [0.05, 0.1) is 7.11 Å². The number of aliphatic carboxylic acids is 1. The lowest BCUT2D eigenvalue weighted by Gasteiger charge is -2.56. The standard InChI is InChI=1S/C30H34N2O3S/c1-35-26-14-13-24(36-2)17-23(26)19-31-28-22-15-16-32(25(18-22)30(33)34)29(28)27(20-9-5-3-6-10-20)21-11-7-4-8-12-21/h3-14,17,22,25,27-29,31H,15-16,18-19H2,1-2H3,(H,33,34). The molecule has 2 bridgehead atoms. The second kappa shape index (κ2) is 11.1. The Morgan fingerprint density at radius 3 is 2.33 bits per heavy atom. The molecule has 3 aromatic rings. The summed E-state index contributed by atoms with van der Waals surface area (Å²) in [5, 5.41) is 14.0. The number of piperidine rings is 3. The number of nitrogens with one attached hydrogen (secondary N) is 1. The van der Waals surface area contributed by atoms with E-state index < -0.39 is 12.0 Å². The molecule has 3 heterocycles. The topological polar surface area (TPSA) is 61.8 Å². The second-order valence-electron chi connectivity index (χ2n) is 9.75. The maximum Gasteiger partial charge on any atom is 0.320 e. The van der Waals surface area contributed by atoms with Gasteiger partial charge in [-0.15, -0.1) is 11.8 Å². The molecular weight excluding hydrogens is 468 g/mol. The number of hydrogen-bond donors (Lipinski definition) is 2. The van der Waals surface area contributed by atoms with Gasteiger partial charge in [-0.3, -0.25) is 9.69 Å². The Morgan fingerprint density at radius 2 is 1.75 bits per heavy atom. The van der Waals surface area contributed by atoms with E-state index in [1.807, 2.05) is 18.2 Å². The summed E-state index contributed by atoms with van der Waals surface area (Å²) in [6, 6.07) is 27.2. The Balaban J connectivity index is 1.54. The van der Waals surface area contributed by atoms with E-state index in [9.17, 15) is 9.90 Å². The summed E-state index contributed by atoms with van der Waals surface area (Å²) in [4.78, 5) is 15.8. The van der Waals surface area contributed by atoms with Crippen LogP contribution in [0.2, 0.25) is 0 Å². The highest BCUT2D eigenvalue weighted by Crippen LogP contribution is 2.44. The summed E-state index contributed by atoms with van der Waals surface area (Å²) in [6.45, 7) is 1.49. The van der Waals surface area contributed by atoms with Crippen molar-refractivity contribution in [1.29, 1.82) is 0 Å². The first-order valence-electron chi connectivity index (χ1n) is 12.6. The Morgan fingerprint density at radius 1 is 1.08 bits per heavy atom. The molecule has 6 rings (SSSR count). The molecule has 3 saturated heterocycles. The number of ether oxygens (including phenoxy) is 1. The molecule has 3 aliphatic heterocycles. The zero-order valence-electron chi connectivity index (χ0n) is 20.8. The van der Waals surface area contributed by atoms with Crippen molar-refractivity contribution in [3.05, 3.63) is 95.6 Å². The molecule has 3 aliphatic rings. The van der Waals surface area contributed by atoms with Crippen molar-refractivity contribution in [3.8, 4) is 5.75 Å². The fourth-order valence-corrected chi connectivity index (χ4v) is 6.73. The maximum absolute atomic E-state index is 12.3. The molecule has 3 aromatic carbocycles. The zero-order valence-corrected chi connectivity index (χ0v) is 21.7. The average molecular weight is 503 g/mol. The van der Waals surface area contributed by atoms with E-state index in [1.165, 1.54) is 16.0 Å². The van der Waals surface area contributed by atoms with E-state index in [0.29, 0.717) is 18.9 Å². The van der Waals surface area contributed by atoms with Gasteiger partial charge in [-0.25, -0.2) is 0 Å². The Bertz CT molecular complexity index is 1130. The molecule has 0 saturated carbocycles. The fourth-order valence-electron chi connectivity index (χ4n) is 6.26. The van der Waals surface area contributed by atoms with Crippen molar-refractivity contribution in [3.63, 3.8) is 0 Å². The normalized spacial score (nSPS) is 25.1. The SMILES string of the molecule is COc1ccc(SC)cc1CNC1C2CCN(C(C(=O)O)C2)C1C(c1ccccc1)c1ccccc1. The van der Waals surface area contributed by atoms with E-state index in [0.717, 1.165) is 24.3 Å². The van der Waals surface area contributed by atoms with Crippen molar-refractivity contribution >= 4 is 17.7 Å². The minimum absolute atomic E-state index is 0.0260. The minimum Gasteiger partial charge on any atom is -0.496 e. The molecule has 6 heteroatoms. The number of nitrogens with zero attached hydrogens (tertiary/aromatic N) is 1. The molecule has 0 aliphatic carbocycles. The third-order valence-electron chi connectivity index (χ3n) is 7.90. The van der Waals surface area contributed by atoms with Gasteiger partial charge in [0.15, 0.2) is 0 Å². The fraction of sp³-hybridized carbons (Fsp3) is 0.367. The van der Waals surface area contributed by atoms with Gasteiger partial charge in [-0.1, -0.05) is 60.7 Å². The lowest BCUT2D eigenvalue weighted by atomic mass is 9.68. The van der Waals surface area contributed by atoms with Gasteiger partial charge >= 0.3 is 5.97 Å². The van der Waals surface area contributed by atoms with Crippen molar-refractivity contribution in [1.82, 2.24) is 10.2 Å². The van der Waals surface area contributed by atoms with E-state index in [2.05, 4.69) is 77.1 Å². The molecule has 5 nitrogen and oxygen atoms in total. The molecular formula is C30H34N2O3S. The van der Waals surface area contributed by atoms with Gasteiger partial charge in [-0.2, -0.15) is 0 Å². The molecule has 5 unspecified atom stereocenters. The van der Waals surface area contributed by atoms with Gasteiger partial charge in [0.1, 0.15) is 11.8 Å². The first-order chi connectivity index (χ1) is 17.6. The summed E-state index contributed by atoms with van der Waals surface area (Å²) in [6.07, 6.45) is 3.77. The Labute approximate surface area is 217 Å². The number of thioether (sulfide) groups is 1. The predicted molar refractivity (Wildman–Crippen MR) is 145 cm³/mol. The van der Waals surface area contributed by atoms with Crippen LogP contribution in [0.15, 0.2) is 83.8 Å². The number of rotatable bonds is 9. The number of methoxy groups -OCH3 is 1. The summed E-state index contributed by atoms with van der Waals surface area (Å²) < 4.78 is 5.67. The molecule has 3 fully saturated rings. The van der Waals surface area contributed by atoms with Gasteiger partial charge < -0.3 is 15.2 Å². The summed E-state index contributed by atoms with van der Waals surface area (Å²) in [5.74, 6) is 0.529. The summed E-state index contributed by atoms with van der Waals surface area (Å²) >= 11 is 1.72. The highest BCUT2D eigenvalue weighted by molar-refractivity contribution is 7.98. The van der Waals surface area contributed by atoms with E-state index >= 15 is 0 Å². The third-order valence-corrected chi connectivity index (χ3v) is 8.63. The first kappa shape index (κ1) is 24.9. The number of carboxylic acids is 1. The molecule has 0 radical (unpaired) electrons. The van der Waals surface area contributed by atoms with Gasteiger partial charge in [0.25, 0.3) is 0 Å². The van der Waals surface area contributed by atoms with Crippen LogP contribution in [-0.2, 0) is 11.3 Å². The third kappa shape index (κ3) is 4.90. The van der Waals surface area contributed by atoms with Gasteiger partial charge in [0, 0.05) is 35.0 Å². The minimum atomic E-state index is -0.711. The van der Waals surface area contributed by atoms with Crippen LogP contribution in [0.25, 0.3) is 0 Å². The Kier molecular flexibility index (Phi) is 7.65. The molecule has 2 N–H and O–H groups in total. The number of carbonyl (C=O) groups is 1. The van der Waals surface area contributed by atoms with Crippen molar-refractivity contribution in [2.24, 2.45) is 5.92 Å². The van der Waals surface area contributed by atoms with Crippen LogP contribution in [0.5, 0.6) is 5.75 Å². The van der Waals surface area contributed by atoms with Crippen LogP contribution in [0.3, 0.4) is 0 Å². The lowest BCUT2D eigenvalue weighted by Crippen LogP contribution is -2.69. The number of hydrogen-bond acceptors (Lipinski definition) is 5. The van der Waals surface area contributed by atoms with E-state index in [-0.39, 0.29) is 18.0 Å². The highest BCUT2D eigenvalue weighted by atomic mass is 32.2. The summed E-state index contributed by atoms with van der Waals surface area (Å²) in [5.41, 5.74) is 3.57. The van der Waals surface area contributed by atoms with Crippen molar-refractivity contribution < 1.29 is 14.6 Å². The van der Waals surface area contributed by atoms with E-state index in [1.54, 1.807) is 18.9 Å². The number of benzene rings is 3. The maximum atomic E-state index is 12.3. The number of fused-ring (bicyclic) bond motifs is 3. The van der Waals surface area contributed by atoms with Crippen LogP contribution in [0.4, 0.5) is 0 Å². The van der Waals surface area contributed by atoms with E-state index in [4.69, 9.17) is 4.74 Å². The number of carboxylic acid groups (broad SMARTS) is 1. The van der Waals surface area contributed by atoms with Crippen molar-refractivity contribution in [2.75, 3.05) is 19.9 Å². The second-order valence-corrected chi connectivity index (χ2v) is 10.6. The van der Waals surface area contributed by atoms with Crippen molar-refractivity contribution in [2.45, 2.75) is 48.3 Å².